The van der Waals surface area contributed by atoms with Crippen LogP contribution in [-0.4, -0.2) is 16.8 Å². The molecule has 2 N–H and O–H groups in total. The summed E-state index contributed by atoms with van der Waals surface area (Å²) in [5.41, 5.74) is 2.94. The van der Waals surface area contributed by atoms with E-state index in [0.717, 1.165) is 15.6 Å². The molecule has 3 aromatic rings. The van der Waals surface area contributed by atoms with Crippen LogP contribution in [0.1, 0.15) is 21.6 Å². The quantitative estimate of drug-likeness (QED) is 0.619. The van der Waals surface area contributed by atoms with E-state index >= 15 is 0 Å². The maximum absolute atomic E-state index is 12.3. The smallest absolute Gasteiger partial charge is 0.275 e. The fourth-order valence-corrected chi connectivity index (χ4v) is 3.59. The first kappa shape index (κ1) is 18.3. The molecule has 1 aromatic heterocycles. The number of aryl methyl sites for hydroxylation is 1. The van der Waals surface area contributed by atoms with Crippen molar-refractivity contribution in [2.45, 2.75) is 13.3 Å². The van der Waals surface area contributed by atoms with Crippen LogP contribution in [0.15, 0.2) is 58.4 Å². The largest absolute Gasteiger partial charge is 0.320 e. The standard InChI is InChI=1S/C19H16BrN3O2S/c1-12-7-8-15(14(20)9-12)21-18(25)16-11-26-19(22-16)23-17(24)10-13-5-3-2-4-6-13/h2-9,11H,10H2,1H3,(H,21,25)(H,22,23,24). The van der Waals surface area contributed by atoms with Gasteiger partial charge in [-0.05, 0) is 46.1 Å². The van der Waals surface area contributed by atoms with E-state index in [1.165, 1.54) is 11.3 Å². The molecule has 0 saturated carbocycles. The van der Waals surface area contributed by atoms with Crippen LogP contribution in [0.5, 0.6) is 0 Å². The van der Waals surface area contributed by atoms with E-state index in [4.69, 9.17) is 0 Å². The third kappa shape index (κ3) is 4.77. The summed E-state index contributed by atoms with van der Waals surface area (Å²) in [6.45, 7) is 1.97. The van der Waals surface area contributed by atoms with Gasteiger partial charge in [0.25, 0.3) is 5.91 Å². The van der Waals surface area contributed by atoms with Gasteiger partial charge in [0, 0.05) is 9.85 Å². The van der Waals surface area contributed by atoms with Crippen LogP contribution in [0.3, 0.4) is 0 Å². The summed E-state index contributed by atoms with van der Waals surface area (Å²) in [7, 11) is 0. The van der Waals surface area contributed by atoms with Crippen LogP contribution in [0, 0.1) is 6.92 Å². The number of carbonyl (C=O) groups is 2. The zero-order valence-corrected chi connectivity index (χ0v) is 16.4. The highest BCUT2D eigenvalue weighted by atomic mass is 79.9. The van der Waals surface area contributed by atoms with Gasteiger partial charge in [-0.15, -0.1) is 11.3 Å². The lowest BCUT2D eigenvalue weighted by Crippen LogP contribution is -2.15. The molecule has 7 heteroatoms. The van der Waals surface area contributed by atoms with E-state index in [9.17, 15) is 9.59 Å². The van der Waals surface area contributed by atoms with Crippen LogP contribution in [0.2, 0.25) is 0 Å². The van der Waals surface area contributed by atoms with Gasteiger partial charge in [0.2, 0.25) is 5.91 Å². The van der Waals surface area contributed by atoms with Crippen molar-refractivity contribution in [3.63, 3.8) is 0 Å². The van der Waals surface area contributed by atoms with Crippen LogP contribution in [0.25, 0.3) is 0 Å². The zero-order chi connectivity index (χ0) is 18.5. The lowest BCUT2D eigenvalue weighted by atomic mass is 10.1. The first-order chi connectivity index (χ1) is 12.5. The Morgan fingerprint density at radius 3 is 2.62 bits per heavy atom. The number of hydrogen-bond donors (Lipinski definition) is 2. The van der Waals surface area contributed by atoms with E-state index in [0.29, 0.717) is 10.8 Å². The van der Waals surface area contributed by atoms with Crippen molar-refractivity contribution >= 4 is 49.9 Å². The second kappa shape index (κ2) is 8.25. The van der Waals surface area contributed by atoms with E-state index in [2.05, 4.69) is 31.5 Å². The maximum atomic E-state index is 12.3. The summed E-state index contributed by atoms with van der Waals surface area (Å²) in [5, 5.41) is 7.56. The number of nitrogens with one attached hydrogen (secondary N) is 2. The highest BCUT2D eigenvalue weighted by Crippen LogP contribution is 2.24. The number of carbonyl (C=O) groups excluding carboxylic acids is 2. The minimum absolute atomic E-state index is 0.168. The number of amides is 2. The molecule has 0 radical (unpaired) electrons. The number of thiazole rings is 1. The molecule has 3 rings (SSSR count). The summed E-state index contributed by atoms with van der Waals surface area (Å²) in [6, 6.07) is 15.1. The minimum Gasteiger partial charge on any atom is -0.320 e. The Kier molecular flexibility index (Phi) is 5.80. The Morgan fingerprint density at radius 1 is 1.12 bits per heavy atom. The Hall–Kier alpha value is -2.51. The number of benzene rings is 2. The van der Waals surface area contributed by atoms with Crippen LogP contribution < -0.4 is 10.6 Å². The summed E-state index contributed by atoms with van der Waals surface area (Å²) >= 11 is 4.65. The molecule has 26 heavy (non-hydrogen) atoms. The molecule has 0 saturated heterocycles. The van der Waals surface area contributed by atoms with Crippen molar-refractivity contribution in [2.24, 2.45) is 0 Å². The van der Waals surface area contributed by atoms with E-state index in [1.807, 2.05) is 55.5 Å². The highest BCUT2D eigenvalue weighted by Gasteiger charge is 2.14. The molecule has 0 atom stereocenters. The Labute approximate surface area is 163 Å². The molecule has 132 valence electrons. The van der Waals surface area contributed by atoms with Crippen molar-refractivity contribution in [3.8, 4) is 0 Å². The van der Waals surface area contributed by atoms with Gasteiger partial charge in [-0.25, -0.2) is 4.98 Å². The van der Waals surface area contributed by atoms with Crippen molar-refractivity contribution < 1.29 is 9.59 Å². The first-order valence-corrected chi connectivity index (χ1v) is 9.55. The molecule has 0 fully saturated rings. The number of nitrogens with zero attached hydrogens (tertiary/aromatic N) is 1. The molecule has 0 bridgehead atoms. The minimum atomic E-state index is -0.325. The molecule has 0 spiro atoms. The topological polar surface area (TPSA) is 71.1 Å². The number of hydrogen-bond acceptors (Lipinski definition) is 4. The Balaban J connectivity index is 1.61. The molecule has 0 aliphatic carbocycles. The van der Waals surface area contributed by atoms with E-state index in [1.54, 1.807) is 5.38 Å². The SMILES string of the molecule is Cc1ccc(NC(=O)c2csc(NC(=O)Cc3ccccc3)n2)c(Br)c1. The maximum Gasteiger partial charge on any atom is 0.275 e. The van der Waals surface area contributed by atoms with Gasteiger partial charge in [-0.1, -0.05) is 36.4 Å². The molecule has 0 aliphatic heterocycles. The summed E-state index contributed by atoms with van der Waals surface area (Å²) < 4.78 is 0.803. The Morgan fingerprint density at radius 2 is 1.88 bits per heavy atom. The monoisotopic (exact) mass is 429 g/mol. The molecule has 5 nitrogen and oxygen atoms in total. The van der Waals surface area contributed by atoms with Gasteiger partial charge < -0.3 is 10.6 Å². The average molecular weight is 430 g/mol. The van der Waals surface area contributed by atoms with E-state index < -0.39 is 0 Å². The molecule has 2 amide bonds. The molecule has 1 heterocycles. The summed E-state index contributed by atoms with van der Waals surface area (Å²) in [6.07, 6.45) is 0.262. The van der Waals surface area contributed by atoms with Crippen molar-refractivity contribution in [3.05, 3.63) is 75.2 Å². The fraction of sp³-hybridized carbons (Fsp3) is 0.105. The van der Waals surface area contributed by atoms with Gasteiger partial charge in [-0.2, -0.15) is 0 Å². The summed E-state index contributed by atoms with van der Waals surface area (Å²) in [5.74, 6) is -0.492. The van der Waals surface area contributed by atoms with Gasteiger partial charge in [0.1, 0.15) is 5.69 Å². The van der Waals surface area contributed by atoms with Crippen molar-refractivity contribution in [1.82, 2.24) is 4.98 Å². The van der Waals surface area contributed by atoms with Crippen LogP contribution in [-0.2, 0) is 11.2 Å². The first-order valence-electron chi connectivity index (χ1n) is 7.88. The van der Waals surface area contributed by atoms with Gasteiger partial charge >= 0.3 is 0 Å². The van der Waals surface area contributed by atoms with Gasteiger partial charge in [0.05, 0.1) is 12.1 Å². The van der Waals surface area contributed by atoms with Crippen LogP contribution >= 0.6 is 27.3 Å². The van der Waals surface area contributed by atoms with Crippen molar-refractivity contribution in [1.29, 1.82) is 0 Å². The predicted molar refractivity (Wildman–Crippen MR) is 108 cm³/mol. The predicted octanol–water partition coefficient (Wildman–Crippen LogP) is 4.65. The second-order valence-corrected chi connectivity index (χ2v) is 7.40. The molecular formula is C19H16BrN3O2S. The normalized spacial score (nSPS) is 10.4. The second-order valence-electron chi connectivity index (χ2n) is 5.69. The molecule has 0 unspecified atom stereocenters. The van der Waals surface area contributed by atoms with Crippen molar-refractivity contribution in [2.75, 3.05) is 10.6 Å². The highest BCUT2D eigenvalue weighted by molar-refractivity contribution is 9.10. The lowest BCUT2D eigenvalue weighted by molar-refractivity contribution is -0.115. The zero-order valence-electron chi connectivity index (χ0n) is 14.0. The van der Waals surface area contributed by atoms with Gasteiger partial charge in [-0.3, -0.25) is 9.59 Å². The van der Waals surface area contributed by atoms with Gasteiger partial charge in [0.15, 0.2) is 5.13 Å². The molecular weight excluding hydrogens is 414 g/mol. The third-order valence-electron chi connectivity index (χ3n) is 3.56. The summed E-state index contributed by atoms with van der Waals surface area (Å²) in [4.78, 5) is 28.6. The Bertz CT molecular complexity index is 941. The third-order valence-corrected chi connectivity index (χ3v) is 4.98. The van der Waals surface area contributed by atoms with Crippen LogP contribution in [0.4, 0.5) is 10.8 Å². The number of rotatable bonds is 5. The van der Waals surface area contributed by atoms with E-state index in [-0.39, 0.29) is 23.9 Å². The number of anilines is 2. The average Bonchev–Trinajstić information content (AvgIpc) is 3.06. The number of halogens is 1. The molecule has 2 aromatic carbocycles. The fourth-order valence-electron chi connectivity index (χ4n) is 2.29. The molecule has 0 aliphatic rings. The lowest BCUT2D eigenvalue weighted by Gasteiger charge is -2.06. The number of aromatic nitrogens is 1.